The van der Waals surface area contributed by atoms with Gasteiger partial charge in [-0.3, -0.25) is 4.67 Å². The average Bonchev–Trinajstić information content (AvgIpc) is 2.12. The average molecular weight is 203 g/mol. The zero-order valence-corrected chi connectivity index (χ0v) is 9.98. The van der Waals surface area contributed by atoms with Gasteiger partial charge in [-0.2, -0.15) is 0 Å². The lowest BCUT2D eigenvalue weighted by Crippen LogP contribution is -2.13. The molecule has 0 aliphatic carbocycles. The van der Waals surface area contributed by atoms with Crippen molar-refractivity contribution >= 4 is 15.7 Å². The first-order valence-corrected chi connectivity index (χ1v) is 5.67. The van der Waals surface area contributed by atoms with E-state index in [0.29, 0.717) is 0 Å². The summed E-state index contributed by atoms with van der Waals surface area (Å²) >= 11 is 0. The molecule has 0 aliphatic heterocycles. The minimum atomic E-state index is 0.240. The van der Waals surface area contributed by atoms with Gasteiger partial charge in [-0.25, -0.2) is 0 Å². The van der Waals surface area contributed by atoms with Crippen LogP contribution in [-0.4, -0.2) is 24.0 Å². The Balaban J connectivity index is 3.19. The van der Waals surface area contributed by atoms with Gasteiger partial charge >= 0.3 is 0 Å². The Bertz CT molecular complexity index is 130. The van der Waals surface area contributed by atoms with Gasteiger partial charge in [0, 0.05) is 19.0 Å². The lowest BCUT2D eigenvalue weighted by molar-refractivity contribution is -0.110. The van der Waals surface area contributed by atoms with Crippen LogP contribution in [0.4, 0.5) is 0 Å². The van der Waals surface area contributed by atoms with Crippen molar-refractivity contribution in [2.45, 2.75) is 39.5 Å². The summed E-state index contributed by atoms with van der Waals surface area (Å²) in [6.45, 7) is 6.45. The van der Waals surface area contributed by atoms with Crippen molar-refractivity contribution in [2.24, 2.45) is 5.92 Å². The predicted octanol–water partition coefficient (Wildman–Crippen LogP) is 2.49. The van der Waals surface area contributed by atoms with Crippen LogP contribution in [0, 0.1) is 5.92 Å². The summed E-state index contributed by atoms with van der Waals surface area (Å²) in [5.74, 6) is 0.240. The molecule has 0 radical (unpaired) electrons. The smallest absolute Gasteiger partial charge is 0.122 e. The molecule has 0 heterocycles. The van der Waals surface area contributed by atoms with E-state index in [-0.39, 0.29) is 5.92 Å². The van der Waals surface area contributed by atoms with Gasteiger partial charge < -0.3 is 4.79 Å². The van der Waals surface area contributed by atoms with Gasteiger partial charge in [-0.15, -0.1) is 0 Å². The minimum absolute atomic E-state index is 0.240. The number of aldehydes is 1. The number of rotatable bonds is 8. The Hall–Kier alpha value is 0.0600. The van der Waals surface area contributed by atoms with E-state index in [2.05, 4.69) is 21.0 Å². The molecule has 0 aromatic heterocycles. The Morgan fingerprint density at radius 2 is 2.08 bits per heavy atom. The highest BCUT2D eigenvalue weighted by Crippen LogP contribution is 2.08. The molecule has 0 aromatic carbocycles. The van der Waals surface area contributed by atoms with Crippen LogP contribution in [-0.2, 0) is 4.79 Å². The molecule has 0 N–H and O–H groups in total. The van der Waals surface area contributed by atoms with Gasteiger partial charge in [0.1, 0.15) is 6.29 Å². The van der Waals surface area contributed by atoms with Crippen molar-refractivity contribution in [3.05, 3.63) is 0 Å². The largest absolute Gasteiger partial charge is 0.303 e. The molecule has 3 heteroatoms. The Labute approximate surface area is 84.3 Å². The van der Waals surface area contributed by atoms with Crippen molar-refractivity contribution < 1.29 is 4.79 Å². The van der Waals surface area contributed by atoms with E-state index in [9.17, 15) is 4.79 Å². The monoisotopic (exact) mass is 203 g/mol. The molecule has 0 amide bonds. The number of unbranched alkanes of at least 4 members (excludes halogenated alkanes) is 1. The van der Waals surface area contributed by atoms with Crippen LogP contribution < -0.4 is 0 Å². The second-order valence-corrected chi connectivity index (χ2v) is 4.38. The van der Waals surface area contributed by atoms with E-state index in [1.54, 1.807) is 0 Å². The van der Waals surface area contributed by atoms with E-state index < -0.39 is 0 Å². The first-order chi connectivity index (χ1) is 6.20. The van der Waals surface area contributed by atoms with E-state index in [4.69, 9.17) is 0 Å². The highest BCUT2D eigenvalue weighted by molar-refractivity contribution is 7.13. The van der Waals surface area contributed by atoms with Gasteiger partial charge in [0.25, 0.3) is 0 Å². The molecule has 0 aromatic rings. The Morgan fingerprint density at radius 3 is 2.62 bits per heavy atom. The van der Waals surface area contributed by atoms with Gasteiger partial charge in [0.05, 0.1) is 0 Å². The van der Waals surface area contributed by atoms with E-state index >= 15 is 0 Å². The maximum atomic E-state index is 10.3. The summed E-state index contributed by atoms with van der Waals surface area (Å²) in [7, 11) is 2.75. The van der Waals surface area contributed by atoms with Crippen LogP contribution in [0.1, 0.15) is 39.5 Å². The van der Waals surface area contributed by atoms with Crippen molar-refractivity contribution in [2.75, 3.05) is 13.1 Å². The van der Waals surface area contributed by atoms with Crippen LogP contribution in [0.15, 0.2) is 0 Å². The summed E-state index contributed by atoms with van der Waals surface area (Å²) in [6.07, 6.45) is 5.64. The van der Waals surface area contributed by atoms with Gasteiger partial charge in [-0.05, 0) is 19.3 Å². The first kappa shape index (κ1) is 13.1. The predicted molar refractivity (Wildman–Crippen MR) is 60.7 cm³/mol. The molecule has 0 bridgehead atoms. The van der Waals surface area contributed by atoms with Gasteiger partial charge in [-0.1, -0.05) is 29.7 Å². The quantitative estimate of drug-likeness (QED) is 0.343. The SMILES string of the molecule is CCCN(P)CCCCC(C)C=O. The van der Waals surface area contributed by atoms with Crippen molar-refractivity contribution in [1.29, 1.82) is 0 Å². The Morgan fingerprint density at radius 1 is 1.38 bits per heavy atom. The third-order valence-corrected chi connectivity index (χ3v) is 2.61. The van der Waals surface area contributed by atoms with E-state index in [0.717, 1.165) is 32.2 Å². The number of hydrogen-bond donors (Lipinski definition) is 0. The van der Waals surface area contributed by atoms with Crippen LogP contribution in [0.5, 0.6) is 0 Å². The topological polar surface area (TPSA) is 20.3 Å². The fraction of sp³-hybridized carbons (Fsp3) is 0.900. The number of carbonyl (C=O) groups excluding carboxylic acids is 1. The maximum Gasteiger partial charge on any atom is 0.122 e. The fourth-order valence-corrected chi connectivity index (χ4v) is 1.69. The molecular weight excluding hydrogens is 181 g/mol. The second-order valence-electron chi connectivity index (χ2n) is 3.65. The summed E-state index contributed by atoms with van der Waals surface area (Å²) in [5, 5.41) is 0. The van der Waals surface area contributed by atoms with Crippen LogP contribution in [0.2, 0.25) is 0 Å². The third kappa shape index (κ3) is 8.39. The van der Waals surface area contributed by atoms with Crippen molar-refractivity contribution in [1.82, 2.24) is 4.67 Å². The molecule has 0 saturated heterocycles. The molecule has 0 aliphatic rings. The fourth-order valence-electron chi connectivity index (χ4n) is 1.25. The van der Waals surface area contributed by atoms with Crippen LogP contribution >= 0.6 is 9.39 Å². The summed E-state index contributed by atoms with van der Waals surface area (Å²) < 4.78 is 2.27. The lowest BCUT2D eigenvalue weighted by atomic mass is 10.1. The van der Waals surface area contributed by atoms with Gasteiger partial charge in [0.15, 0.2) is 0 Å². The number of carbonyl (C=O) groups is 1. The molecular formula is C10H22NOP. The highest BCUT2D eigenvalue weighted by atomic mass is 31.0. The summed E-state index contributed by atoms with van der Waals surface area (Å²) in [4.78, 5) is 10.3. The maximum absolute atomic E-state index is 10.3. The molecule has 0 spiro atoms. The van der Waals surface area contributed by atoms with Crippen LogP contribution in [0.3, 0.4) is 0 Å². The standard InChI is InChI=1S/C10H22NOP/c1-3-7-11(13)8-5-4-6-10(2)9-12/h9-10H,3-8,13H2,1-2H3. The molecule has 13 heavy (non-hydrogen) atoms. The molecule has 2 nitrogen and oxygen atoms in total. The van der Waals surface area contributed by atoms with Crippen molar-refractivity contribution in [3.63, 3.8) is 0 Å². The number of nitrogens with zero attached hydrogens (tertiary/aromatic N) is 1. The normalized spacial score (nSPS) is 13.2. The summed E-state index contributed by atoms with van der Waals surface area (Å²) in [5.41, 5.74) is 0. The molecule has 2 atom stereocenters. The minimum Gasteiger partial charge on any atom is -0.303 e. The van der Waals surface area contributed by atoms with Gasteiger partial charge in [0.2, 0.25) is 0 Å². The zero-order valence-electron chi connectivity index (χ0n) is 8.83. The van der Waals surface area contributed by atoms with Crippen molar-refractivity contribution in [3.8, 4) is 0 Å². The first-order valence-electron chi connectivity index (χ1n) is 5.15. The van der Waals surface area contributed by atoms with Crippen LogP contribution in [0.25, 0.3) is 0 Å². The molecule has 0 saturated carbocycles. The highest BCUT2D eigenvalue weighted by Gasteiger charge is 2.00. The molecule has 78 valence electrons. The van der Waals surface area contributed by atoms with E-state index in [1.807, 2.05) is 6.92 Å². The molecule has 2 unspecified atom stereocenters. The second kappa shape index (κ2) is 8.65. The molecule has 0 fully saturated rings. The Kier molecular flexibility index (Phi) is 8.69. The van der Waals surface area contributed by atoms with E-state index in [1.165, 1.54) is 12.8 Å². The third-order valence-electron chi connectivity index (χ3n) is 2.10. The lowest BCUT2D eigenvalue weighted by Gasteiger charge is -2.14. The number of hydrogen-bond acceptors (Lipinski definition) is 2. The molecule has 0 rings (SSSR count). The zero-order chi connectivity index (χ0) is 10.1. The summed E-state index contributed by atoms with van der Waals surface area (Å²) in [6, 6.07) is 0.